The number of guanidine groups is 1. The van der Waals surface area contributed by atoms with Gasteiger partial charge in [0.1, 0.15) is 0 Å². The van der Waals surface area contributed by atoms with Crippen molar-refractivity contribution in [3.05, 3.63) is 35.9 Å². The number of nitrogens with zero attached hydrogens (tertiary/aromatic N) is 3. The average Bonchev–Trinajstić information content (AvgIpc) is 2.75. The number of hydrogen-bond acceptors (Lipinski definition) is 3. The first-order chi connectivity index (χ1) is 14.9. The van der Waals surface area contributed by atoms with Crippen molar-refractivity contribution in [3.63, 3.8) is 0 Å². The van der Waals surface area contributed by atoms with Crippen LogP contribution < -0.4 is 10.6 Å². The van der Waals surface area contributed by atoms with Gasteiger partial charge < -0.3 is 10.6 Å². The van der Waals surface area contributed by atoms with Crippen molar-refractivity contribution in [3.8, 4) is 0 Å². The number of alkyl halides is 3. The van der Waals surface area contributed by atoms with Gasteiger partial charge in [0.05, 0.1) is 6.54 Å². The maximum absolute atomic E-state index is 12.5. The minimum atomic E-state index is -4.09. The second-order valence-corrected chi connectivity index (χ2v) is 8.80. The molecule has 2 N–H and O–H groups in total. The van der Waals surface area contributed by atoms with Crippen LogP contribution in [-0.4, -0.2) is 74.3 Å². The Morgan fingerprint density at radius 1 is 1.00 bits per heavy atom. The van der Waals surface area contributed by atoms with Crippen LogP contribution in [0.1, 0.15) is 37.7 Å². The van der Waals surface area contributed by atoms with Crippen molar-refractivity contribution < 1.29 is 13.2 Å². The number of aliphatic imine (C=N–C) groups is 1. The third kappa shape index (κ3) is 8.69. The van der Waals surface area contributed by atoms with Gasteiger partial charge in [-0.1, -0.05) is 30.3 Å². The van der Waals surface area contributed by atoms with Crippen LogP contribution in [0, 0.1) is 5.92 Å². The van der Waals surface area contributed by atoms with Gasteiger partial charge in [-0.15, -0.1) is 0 Å². The molecule has 174 valence electrons. The molecule has 0 saturated carbocycles. The lowest BCUT2D eigenvalue weighted by Crippen LogP contribution is -2.48. The molecule has 8 heteroatoms. The molecule has 0 bridgehead atoms. The number of likely N-dealkylation sites (tertiary alicyclic amines) is 2. The van der Waals surface area contributed by atoms with E-state index in [1.165, 1.54) is 10.5 Å². The van der Waals surface area contributed by atoms with Crippen LogP contribution in [0.5, 0.6) is 0 Å². The Morgan fingerprint density at radius 3 is 2.26 bits per heavy atom. The molecular formula is C23H36F3N5. The molecule has 0 amide bonds. The molecule has 2 aliphatic rings. The quantitative estimate of drug-likeness (QED) is 0.504. The SMILES string of the molecule is CN=C(NCCC1CCN(CC(F)(F)F)CC1)NC1CCN(Cc2ccccc2)CC1. The zero-order valence-electron chi connectivity index (χ0n) is 18.5. The molecule has 2 heterocycles. The van der Waals surface area contributed by atoms with Gasteiger partial charge in [-0.3, -0.25) is 14.8 Å². The van der Waals surface area contributed by atoms with Crippen molar-refractivity contribution >= 4 is 5.96 Å². The van der Waals surface area contributed by atoms with Crippen molar-refractivity contribution in [1.82, 2.24) is 20.4 Å². The van der Waals surface area contributed by atoms with Crippen LogP contribution in [0.15, 0.2) is 35.3 Å². The van der Waals surface area contributed by atoms with Gasteiger partial charge in [-0.25, -0.2) is 0 Å². The zero-order valence-corrected chi connectivity index (χ0v) is 18.5. The summed E-state index contributed by atoms with van der Waals surface area (Å²) in [4.78, 5) is 8.37. The van der Waals surface area contributed by atoms with E-state index < -0.39 is 12.7 Å². The van der Waals surface area contributed by atoms with Crippen LogP contribution in [0.25, 0.3) is 0 Å². The molecule has 2 fully saturated rings. The summed E-state index contributed by atoms with van der Waals surface area (Å²) < 4.78 is 37.5. The van der Waals surface area contributed by atoms with Crippen molar-refractivity contribution in [2.45, 2.75) is 50.9 Å². The standard InChI is InChI=1S/C23H36F3N5/c1-27-22(28-12-7-19-8-13-31(14-9-19)18-23(24,25)26)29-21-10-15-30(16-11-21)17-20-5-3-2-4-6-20/h2-6,19,21H,7-18H2,1H3,(H2,27,28,29). The molecule has 0 spiro atoms. The van der Waals surface area contributed by atoms with Gasteiger partial charge >= 0.3 is 6.18 Å². The van der Waals surface area contributed by atoms with Gasteiger partial charge in [0.2, 0.25) is 0 Å². The smallest absolute Gasteiger partial charge is 0.356 e. The van der Waals surface area contributed by atoms with Gasteiger partial charge in [0.25, 0.3) is 0 Å². The fourth-order valence-electron chi connectivity index (χ4n) is 4.55. The lowest BCUT2D eigenvalue weighted by Gasteiger charge is -2.33. The lowest BCUT2D eigenvalue weighted by atomic mass is 9.93. The number of halogens is 3. The molecule has 2 aliphatic heterocycles. The van der Waals surface area contributed by atoms with Crippen LogP contribution in [-0.2, 0) is 6.54 Å². The van der Waals surface area contributed by atoms with E-state index in [1.54, 1.807) is 7.05 Å². The highest BCUT2D eigenvalue weighted by Crippen LogP contribution is 2.24. The van der Waals surface area contributed by atoms with E-state index in [-0.39, 0.29) is 0 Å². The number of piperidine rings is 2. The summed E-state index contributed by atoms with van der Waals surface area (Å²) in [5.41, 5.74) is 1.36. The predicted octanol–water partition coefficient (Wildman–Crippen LogP) is 3.48. The largest absolute Gasteiger partial charge is 0.401 e. The highest BCUT2D eigenvalue weighted by atomic mass is 19.4. The summed E-state index contributed by atoms with van der Waals surface area (Å²) in [5.74, 6) is 1.31. The molecule has 0 radical (unpaired) electrons. The Hall–Kier alpha value is -1.80. The second-order valence-electron chi connectivity index (χ2n) is 8.80. The number of rotatable bonds is 7. The van der Waals surface area contributed by atoms with Crippen LogP contribution in [0.4, 0.5) is 13.2 Å². The van der Waals surface area contributed by atoms with E-state index in [2.05, 4.69) is 50.9 Å². The van der Waals surface area contributed by atoms with E-state index in [0.29, 0.717) is 25.0 Å². The molecule has 1 aromatic carbocycles. The zero-order chi connectivity index (χ0) is 22.1. The van der Waals surface area contributed by atoms with Crippen molar-refractivity contribution in [1.29, 1.82) is 0 Å². The first kappa shape index (κ1) is 23.9. The molecule has 0 aromatic heterocycles. The number of benzene rings is 1. The minimum absolute atomic E-state index is 0.420. The highest BCUT2D eigenvalue weighted by molar-refractivity contribution is 5.79. The van der Waals surface area contributed by atoms with Crippen molar-refractivity contribution in [2.75, 3.05) is 46.3 Å². The summed E-state index contributed by atoms with van der Waals surface area (Å²) in [6.45, 7) is 4.25. The Labute approximate surface area is 184 Å². The fourth-order valence-corrected chi connectivity index (χ4v) is 4.55. The predicted molar refractivity (Wildman–Crippen MR) is 119 cm³/mol. The fraction of sp³-hybridized carbons (Fsp3) is 0.696. The number of nitrogens with one attached hydrogen (secondary N) is 2. The van der Waals surface area contributed by atoms with E-state index in [4.69, 9.17) is 0 Å². The monoisotopic (exact) mass is 439 g/mol. The van der Waals surface area contributed by atoms with Crippen molar-refractivity contribution in [2.24, 2.45) is 10.9 Å². The molecule has 3 rings (SSSR count). The van der Waals surface area contributed by atoms with Gasteiger partial charge in [-0.2, -0.15) is 13.2 Å². The summed E-state index contributed by atoms with van der Waals surface area (Å²) in [5, 5.41) is 6.94. The Bertz CT molecular complexity index is 664. The normalized spacial score (nSPS) is 20.7. The summed E-state index contributed by atoms with van der Waals surface area (Å²) >= 11 is 0. The summed E-state index contributed by atoms with van der Waals surface area (Å²) in [7, 11) is 1.79. The van der Waals surface area contributed by atoms with Crippen LogP contribution in [0.3, 0.4) is 0 Å². The van der Waals surface area contributed by atoms with Gasteiger partial charge in [0, 0.05) is 39.3 Å². The molecule has 1 aromatic rings. The highest BCUT2D eigenvalue weighted by Gasteiger charge is 2.32. The summed E-state index contributed by atoms with van der Waals surface area (Å²) in [6.07, 6.45) is 0.726. The molecule has 5 nitrogen and oxygen atoms in total. The topological polar surface area (TPSA) is 42.9 Å². The third-order valence-corrected chi connectivity index (χ3v) is 6.36. The Morgan fingerprint density at radius 2 is 1.65 bits per heavy atom. The molecule has 0 unspecified atom stereocenters. The molecule has 0 atom stereocenters. The molecule has 0 aliphatic carbocycles. The minimum Gasteiger partial charge on any atom is -0.356 e. The second kappa shape index (κ2) is 11.7. The number of hydrogen-bond donors (Lipinski definition) is 2. The van der Waals surface area contributed by atoms with E-state index >= 15 is 0 Å². The lowest BCUT2D eigenvalue weighted by molar-refractivity contribution is -0.148. The van der Waals surface area contributed by atoms with E-state index in [1.807, 2.05) is 0 Å². The summed E-state index contributed by atoms with van der Waals surface area (Å²) in [6, 6.07) is 11.0. The van der Waals surface area contributed by atoms with E-state index in [0.717, 1.165) is 64.2 Å². The maximum Gasteiger partial charge on any atom is 0.401 e. The van der Waals surface area contributed by atoms with Crippen LogP contribution in [0.2, 0.25) is 0 Å². The molecule has 31 heavy (non-hydrogen) atoms. The van der Waals surface area contributed by atoms with Gasteiger partial charge in [0.15, 0.2) is 5.96 Å². The van der Waals surface area contributed by atoms with Crippen LogP contribution >= 0.6 is 0 Å². The molecule has 2 saturated heterocycles. The average molecular weight is 440 g/mol. The van der Waals surface area contributed by atoms with E-state index in [9.17, 15) is 13.2 Å². The Balaban J connectivity index is 1.29. The maximum atomic E-state index is 12.5. The third-order valence-electron chi connectivity index (χ3n) is 6.36. The molecular weight excluding hydrogens is 403 g/mol. The first-order valence-corrected chi connectivity index (χ1v) is 11.4. The first-order valence-electron chi connectivity index (χ1n) is 11.4. The van der Waals surface area contributed by atoms with Gasteiger partial charge in [-0.05, 0) is 56.7 Å². The Kier molecular flexibility index (Phi) is 9.02.